The normalized spacial score (nSPS) is 16.0. The van der Waals surface area contributed by atoms with E-state index < -0.39 is 17.7 Å². The van der Waals surface area contributed by atoms with Crippen LogP contribution in [0.3, 0.4) is 0 Å². The Hall–Kier alpha value is -5.11. The Kier molecular flexibility index (Phi) is 8.52. The summed E-state index contributed by atoms with van der Waals surface area (Å²) in [5.41, 5.74) is 3.50. The lowest BCUT2D eigenvalue weighted by Crippen LogP contribution is -2.29. The van der Waals surface area contributed by atoms with Crippen LogP contribution in [0, 0.1) is 6.92 Å². The average molecular weight is 565 g/mol. The first-order chi connectivity index (χ1) is 20.4. The van der Waals surface area contributed by atoms with E-state index in [0.717, 1.165) is 11.1 Å². The fraction of sp³-hybridized carbons (Fsp3) is 0.206. The van der Waals surface area contributed by atoms with E-state index >= 15 is 0 Å². The van der Waals surface area contributed by atoms with Gasteiger partial charge in [-0.15, -0.1) is 0 Å². The van der Waals surface area contributed by atoms with E-state index in [1.807, 2.05) is 50.2 Å². The molecular weight excluding hydrogens is 532 g/mol. The molecule has 0 saturated carbocycles. The lowest BCUT2D eigenvalue weighted by molar-refractivity contribution is -0.140. The van der Waals surface area contributed by atoms with E-state index in [0.29, 0.717) is 47.2 Å². The number of ether oxygens (including phenoxy) is 3. The van der Waals surface area contributed by atoms with Crippen molar-refractivity contribution in [2.24, 2.45) is 0 Å². The number of methoxy groups -OCH3 is 1. The maximum Gasteiger partial charge on any atom is 0.295 e. The van der Waals surface area contributed by atoms with Gasteiger partial charge < -0.3 is 24.2 Å². The number of aryl methyl sites for hydroxylation is 1. The van der Waals surface area contributed by atoms with Crippen LogP contribution >= 0.6 is 0 Å². The zero-order valence-electron chi connectivity index (χ0n) is 23.7. The first kappa shape index (κ1) is 28.4. The largest absolute Gasteiger partial charge is 0.507 e. The number of nitrogens with zero attached hydrogens (tertiary/aromatic N) is 2. The SMILES string of the molecule is CCOc1ccc([C@@H]2/C(=C(\O)c3ccc(OCc4ccccc4)cc3C)C(=O)C(=O)N2Cc2cccnc2)cc1OC. The molecule has 2 heterocycles. The maximum atomic E-state index is 13.6. The van der Waals surface area contributed by atoms with Gasteiger partial charge in [0.05, 0.1) is 25.3 Å². The lowest BCUT2D eigenvalue weighted by atomic mass is 9.93. The molecule has 42 heavy (non-hydrogen) atoms. The maximum absolute atomic E-state index is 13.6. The minimum absolute atomic E-state index is 0.00356. The van der Waals surface area contributed by atoms with Crippen LogP contribution in [0.4, 0.5) is 0 Å². The summed E-state index contributed by atoms with van der Waals surface area (Å²) >= 11 is 0. The standard InChI is InChI=1S/C34H32N2O6/c1-4-41-28-15-12-25(18-29(28)40-3)31-30(33(38)34(39)36(31)20-24-11-8-16-35-19-24)32(37)27-14-13-26(17-22(27)2)42-21-23-9-6-5-7-10-23/h5-19,31,37H,4,20-21H2,1-3H3/b32-30+/t31-/m1/s1. The van der Waals surface area contributed by atoms with Gasteiger partial charge in [-0.3, -0.25) is 14.6 Å². The molecule has 0 spiro atoms. The Balaban J connectivity index is 1.56. The van der Waals surface area contributed by atoms with Gasteiger partial charge in [0.15, 0.2) is 11.5 Å². The summed E-state index contributed by atoms with van der Waals surface area (Å²) in [7, 11) is 1.53. The molecule has 0 aliphatic carbocycles. The molecule has 1 amide bonds. The highest BCUT2D eigenvalue weighted by atomic mass is 16.5. The molecule has 3 aromatic carbocycles. The fourth-order valence-electron chi connectivity index (χ4n) is 5.08. The number of hydrogen-bond acceptors (Lipinski definition) is 7. The molecule has 1 aliphatic heterocycles. The highest BCUT2D eigenvalue weighted by Crippen LogP contribution is 2.43. The molecule has 1 atom stereocenters. The number of likely N-dealkylation sites (tertiary alicyclic amines) is 1. The summed E-state index contributed by atoms with van der Waals surface area (Å²) < 4.78 is 17.2. The van der Waals surface area contributed by atoms with Crippen molar-refractivity contribution in [3.05, 3.63) is 125 Å². The van der Waals surface area contributed by atoms with Crippen LogP contribution in [0.15, 0.2) is 96.8 Å². The van der Waals surface area contributed by atoms with Crippen LogP contribution in [0.2, 0.25) is 0 Å². The van der Waals surface area contributed by atoms with E-state index in [1.54, 1.807) is 54.9 Å². The number of carbonyl (C=O) groups is 2. The van der Waals surface area contributed by atoms with Crippen molar-refractivity contribution in [1.29, 1.82) is 0 Å². The Morgan fingerprint density at radius 1 is 0.929 bits per heavy atom. The number of aromatic nitrogens is 1. The van der Waals surface area contributed by atoms with Gasteiger partial charge in [0.25, 0.3) is 11.7 Å². The number of amides is 1. The second-order valence-corrected chi connectivity index (χ2v) is 9.88. The number of rotatable bonds is 10. The molecule has 0 bridgehead atoms. The molecule has 1 N–H and O–H groups in total. The van der Waals surface area contributed by atoms with E-state index in [-0.39, 0.29) is 17.9 Å². The van der Waals surface area contributed by atoms with E-state index in [9.17, 15) is 14.7 Å². The summed E-state index contributed by atoms with van der Waals surface area (Å²) in [5, 5.41) is 11.6. The monoisotopic (exact) mass is 564 g/mol. The van der Waals surface area contributed by atoms with Crippen molar-refractivity contribution in [3.63, 3.8) is 0 Å². The van der Waals surface area contributed by atoms with Crippen molar-refractivity contribution >= 4 is 17.4 Å². The van der Waals surface area contributed by atoms with Crippen molar-refractivity contribution in [2.45, 2.75) is 33.0 Å². The third-order valence-corrected chi connectivity index (χ3v) is 7.12. The number of benzene rings is 3. The molecule has 4 aromatic rings. The molecule has 8 nitrogen and oxygen atoms in total. The summed E-state index contributed by atoms with van der Waals surface area (Å²) in [6.45, 7) is 4.66. The van der Waals surface area contributed by atoms with E-state index in [2.05, 4.69) is 4.98 Å². The van der Waals surface area contributed by atoms with Crippen molar-refractivity contribution < 1.29 is 28.9 Å². The zero-order chi connectivity index (χ0) is 29.6. The average Bonchev–Trinajstić information content (AvgIpc) is 3.26. The smallest absolute Gasteiger partial charge is 0.295 e. The Morgan fingerprint density at radius 2 is 1.71 bits per heavy atom. The van der Waals surface area contributed by atoms with Crippen molar-refractivity contribution in [2.75, 3.05) is 13.7 Å². The third kappa shape index (κ3) is 5.83. The van der Waals surface area contributed by atoms with Gasteiger partial charge in [0.2, 0.25) is 0 Å². The second kappa shape index (κ2) is 12.6. The highest BCUT2D eigenvalue weighted by Gasteiger charge is 2.46. The van der Waals surface area contributed by atoms with Gasteiger partial charge in [-0.05, 0) is 72.5 Å². The van der Waals surface area contributed by atoms with Gasteiger partial charge in [-0.2, -0.15) is 0 Å². The van der Waals surface area contributed by atoms with Gasteiger partial charge in [0, 0.05) is 24.5 Å². The van der Waals surface area contributed by atoms with Crippen molar-refractivity contribution in [1.82, 2.24) is 9.88 Å². The second-order valence-electron chi connectivity index (χ2n) is 9.88. The molecule has 0 unspecified atom stereocenters. The summed E-state index contributed by atoms with van der Waals surface area (Å²) in [6, 6.07) is 23.0. The van der Waals surface area contributed by atoms with E-state index in [4.69, 9.17) is 14.2 Å². The topological polar surface area (TPSA) is 98.2 Å². The molecule has 8 heteroatoms. The first-order valence-electron chi connectivity index (χ1n) is 13.7. The molecule has 1 saturated heterocycles. The summed E-state index contributed by atoms with van der Waals surface area (Å²) in [5.74, 6) is -0.117. The molecule has 1 fully saturated rings. The Labute approximate surface area is 244 Å². The molecular formula is C34H32N2O6. The number of carbonyl (C=O) groups excluding carboxylic acids is 2. The number of aliphatic hydroxyl groups is 1. The molecule has 0 radical (unpaired) electrons. The van der Waals surface area contributed by atoms with Gasteiger partial charge in [-0.1, -0.05) is 42.5 Å². The van der Waals surface area contributed by atoms with Gasteiger partial charge in [0.1, 0.15) is 18.1 Å². The predicted octanol–water partition coefficient (Wildman–Crippen LogP) is 6.00. The Bertz CT molecular complexity index is 1620. The number of Topliss-reactive ketones (excluding diaryl/α,β-unsaturated/α-hetero) is 1. The third-order valence-electron chi connectivity index (χ3n) is 7.12. The number of ketones is 1. The summed E-state index contributed by atoms with van der Waals surface area (Å²) in [6.07, 6.45) is 3.29. The minimum Gasteiger partial charge on any atom is -0.507 e. The molecule has 214 valence electrons. The first-order valence-corrected chi connectivity index (χ1v) is 13.7. The zero-order valence-corrected chi connectivity index (χ0v) is 23.7. The quantitative estimate of drug-likeness (QED) is 0.143. The van der Waals surface area contributed by atoms with Crippen LogP contribution in [-0.2, 0) is 22.7 Å². The Morgan fingerprint density at radius 3 is 2.40 bits per heavy atom. The van der Waals surface area contributed by atoms with Gasteiger partial charge >= 0.3 is 0 Å². The van der Waals surface area contributed by atoms with Crippen LogP contribution in [0.1, 0.15) is 40.8 Å². The van der Waals surface area contributed by atoms with Crippen LogP contribution in [-0.4, -0.2) is 40.4 Å². The molecule has 1 aliphatic rings. The number of hydrogen-bond donors (Lipinski definition) is 1. The lowest BCUT2D eigenvalue weighted by Gasteiger charge is -2.26. The minimum atomic E-state index is -0.872. The molecule has 5 rings (SSSR count). The molecule has 1 aromatic heterocycles. The van der Waals surface area contributed by atoms with Crippen LogP contribution in [0.25, 0.3) is 5.76 Å². The van der Waals surface area contributed by atoms with Crippen molar-refractivity contribution in [3.8, 4) is 17.2 Å². The number of pyridine rings is 1. The van der Waals surface area contributed by atoms with Crippen LogP contribution < -0.4 is 14.2 Å². The van der Waals surface area contributed by atoms with E-state index in [1.165, 1.54) is 12.0 Å². The predicted molar refractivity (Wildman–Crippen MR) is 158 cm³/mol. The van der Waals surface area contributed by atoms with Crippen LogP contribution in [0.5, 0.6) is 17.2 Å². The highest BCUT2D eigenvalue weighted by molar-refractivity contribution is 6.46. The number of aliphatic hydroxyl groups excluding tert-OH is 1. The van der Waals surface area contributed by atoms with Gasteiger partial charge in [-0.25, -0.2) is 0 Å². The fourth-order valence-corrected chi connectivity index (χ4v) is 5.08. The summed E-state index contributed by atoms with van der Waals surface area (Å²) in [4.78, 5) is 32.6.